The first-order valence-corrected chi connectivity index (χ1v) is 8.17. The molecule has 2 heterocycles. The summed E-state index contributed by atoms with van der Waals surface area (Å²) in [5.41, 5.74) is 1.21. The van der Waals surface area contributed by atoms with E-state index in [9.17, 15) is 9.90 Å². The van der Waals surface area contributed by atoms with Crippen molar-refractivity contribution in [3.8, 4) is 0 Å². The Kier molecular flexibility index (Phi) is 4.35. The number of nitrogens with one attached hydrogen (secondary N) is 1. The van der Waals surface area contributed by atoms with Crippen LogP contribution in [-0.4, -0.2) is 40.1 Å². The largest absolute Gasteiger partial charge is 0.393 e. The van der Waals surface area contributed by atoms with Crippen LogP contribution in [0.5, 0.6) is 0 Å². The number of carbonyl (C=O) groups excluding carboxylic acids is 1. The van der Waals surface area contributed by atoms with Crippen LogP contribution >= 0.6 is 23.2 Å². The molecule has 1 saturated heterocycles. The van der Waals surface area contributed by atoms with E-state index in [-0.39, 0.29) is 17.9 Å². The Morgan fingerprint density at radius 1 is 1.36 bits per heavy atom. The van der Waals surface area contributed by atoms with Crippen LogP contribution in [0.15, 0.2) is 18.2 Å². The third-order valence-electron chi connectivity index (χ3n) is 4.42. The highest BCUT2D eigenvalue weighted by Gasteiger charge is 2.28. The van der Waals surface area contributed by atoms with E-state index in [0.717, 1.165) is 23.7 Å². The number of hydrogen-bond acceptors (Lipinski definition) is 2. The van der Waals surface area contributed by atoms with E-state index in [0.29, 0.717) is 28.8 Å². The Morgan fingerprint density at radius 2 is 2.05 bits per heavy atom. The van der Waals surface area contributed by atoms with Gasteiger partial charge in [-0.2, -0.15) is 0 Å². The molecule has 1 amide bonds. The number of halogens is 2. The number of likely N-dealkylation sites (tertiary alicyclic amines) is 1. The van der Waals surface area contributed by atoms with Crippen LogP contribution in [0.1, 0.15) is 30.3 Å². The van der Waals surface area contributed by atoms with Crippen molar-refractivity contribution in [2.24, 2.45) is 5.92 Å². The molecule has 6 heteroatoms. The highest BCUT2D eigenvalue weighted by Crippen LogP contribution is 2.31. The number of carbonyl (C=O) groups is 1. The Morgan fingerprint density at radius 3 is 2.68 bits per heavy atom. The standard InChI is InChI=1S/C16H18Cl2N2O2/c1-9(21)10-4-6-20(7-5-10)16(22)15-14(18)12-8-11(17)2-3-13(12)19-15/h2-3,8-10,19,21H,4-7H2,1H3. The third kappa shape index (κ3) is 2.83. The second kappa shape index (κ2) is 6.11. The number of aliphatic hydroxyl groups is 1. The molecule has 0 spiro atoms. The van der Waals surface area contributed by atoms with E-state index >= 15 is 0 Å². The number of fused-ring (bicyclic) bond motifs is 1. The molecule has 4 nitrogen and oxygen atoms in total. The first-order valence-electron chi connectivity index (χ1n) is 7.41. The highest BCUT2D eigenvalue weighted by atomic mass is 35.5. The van der Waals surface area contributed by atoms with Crippen molar-refractivity contribution in [3.05, 3.63) is 33.9 Å². The fourth-order valence-corrected chi connectivity index (χ4v) is 3.48. The zero-order valence-electron chi connectivity index (χ0n) is 12.3. The quantitative estimate of drug-likeness (QED) is 0.875. The van der Waals surface area contributed by atoms with Crippen molar-refractivity contribution in [2.45, 2.75) is 25.9 Å². The van der Waals surface area contributed by atoms with Gasteiger partial charge in [-0.1, -0.05) is 23.2 Å². The van der Waals surface area contributed by atoms with Gasteiger partial charge in [0.05, 0.1) is 11.1 Å². The lowest BCUT2D eigenvalue weighted by atomic mass is 9.92. The molecule has 1 atom stereocenters. The summed E-state index contributed by atoms with van der Waals surface area (Å²) in [4.78, 5) is 17.5. The molecule has 0 saturated carbocycles. The lowest BCUT2D eigenvalue weighted by Crippen LogP contribution is -2.40. The molecule has 118 valence electrons. The minimum absolute atomic E-state index is 0.0960. The van der Waals surface area contributed by atoms with Crippen LogP contribution in [0.3, 0.4) is 0 Å². The number of aromatic nitrogens is 1. The number of aliphatic hydroxyl groups excluding tert-OH is 1. The Hall–Kier alpha value is -1.23. The van der Waals surface area contributed by atoms with Gasteiger partial charge in [0.1, 0.15) is 5.69 Å². The molecular weight excluding hydrogens is 323 g/mol. The van der Waals surface area contributed by atoms with Gasteiger partial charge in [-0.05, 0) is 43.9 Å². The molecule has 1 aromatic carbocycles. The van der Waals surface area contributed by atoms with Gasteiger partial charge < -0.3 is 15.0 Å². The first-order chi connectivity index (χ1) is 10.5. The van der Waals surface area contributed by atoms with Crippen LogP contribution in [0.2, 0.25) is 10.0 Å². The van der Waals surface area contributed by atoms with Crippen molar-refractivity contribution < 1.29 is 9.90 Å². The van der Waals surface area contributed by atoms with Gasteiger partial charge in [-0.15, -0.1) is 0 Å². The molecule has 2 aromatic rings. The number of H-pyrrole nitrogens is 1. The summed E-state index contributed by atoms with van der Waals surface area (Å²) >= 11 is 12.3. The van der Waals surface area contributed by atoms with E-state index in [1.807, 2.05) is 6.07 Å². The van der Waals surface area contributed by atoms with Crippen LogP contribution in [0.25, 0.3) is 10.9 Å². The predicted octanol–water partition coefficient (Wildman–Crippen LogP) is 3.71. The molecule has 1 fully saturated rings. The Labute approximate surface area is 139 Å². The molecule has 2 N–H and O–H groups in total. The number of benzene rings is 1. The van der Waals surface area contributed by atoms with Crippen molar-refractivity contribution in [3.63, 3.8) is 0 Å². The maximum Gasteiger partial charge on any atom is 0.271 e. The normalized spacial score (nSPS) is 17.9. The van der Waals surface area contributed by atoms with Gasteiger partial charge in [0.15, 0.2) is 0 Å². The van der Waals surface area contributed by atoms with Gasteiger partial charge in [-0.3, -0.25) is 4.79 Å². The Bertz CT molecular complexity index is 703. The smallest absolute Gasteiger partial charge is 0.271 e. The third-order valence-corrected chi connectivity index (χ3v) is 5.05. The van der Waals surface area contributed by atoms with E-state index < -0.39 is 0 Å². The van der Waals surface area contributed by atoms with Gasteiger partial charge in [0.2, 0.25) is 0 Å². The summed E-state index contributed by atoms with van der Waals surface area (Å²) in [5.74, 6) is 0.169. The minimum Gasteiger partial charge on any atom is -0.393 e. The molecule has 3 rings (SSSR count). The fourth-order valence-electron chi connectivity index (χ4n) is 3.02. The lowest BCUT2D eigenvalue weighted by Gasteiger charge is -2.33. The van der Waals surface area contributed by atoms with Crippen LogP contribution in [0, 0.1) is 5.92 Å². The lowest BCUT2D eigenvalue weighted by molar-refractivity contribution is 0.0518. The van der Waals surface area contributed by atoms with Gasteiger partial charge in [0, 0.05) is 29.0 Å². The van der Waals surface area contributed by atoms with Crippen LogP contribution in [-0.2, 0) is 0 Å². The number of amides is 1. The number of piperidine rings is 1. The van der Waals surface area contributed by atoms with Gasteiger partial charge in [-0.25, -0.2) is 0 Å². The van der Waals surface area contributed by atoms with E-state index in [2.05, 4.69) is 4.98 Å². The van der Waals surface area contributed by atoms with Gasteiger partial charge >= 0.3 is 0 Å². The number of hydrogen-bond donors (Lipinski definition) is 2. The average Bonchev–Trinajstić information content (AvgIpc) is 2.83. The summed E-state index contributed by atoms with van der Waals surface area (Å²) in [6.07, 6.45) is 1.30. The maximum atomic E-state index is 12.7. The summed E-state index contributed by atoms with van der Waals surface area (Å²) < 4.78 is 0. The minimum atomic E-state index is -0.323. The zero-order chi connectivity index (χ0) is 15.9. The molecule has 0 bridgehead atoms. The van der Waals surface area contributed by atoms with Crippen LogP contribution < -0.4 is 0 Å². The zero-order valence-corrected chi connectivity index (χ0v) is 13.8. The average molecular weight is 341 g/mol. The second-order valence-electron chi connectivity index (χ2n) is 5.87. The Balaban J connectivity index is 1.83. The van der Waals surface area contributed by atoms with E-state index in [1.165, 1.54) is 0 Å². The molecule has 0 aliphatic carbocycles. The molecule has 1 aliphatic heterocycles. The molecular formula is C16H18Cl2N2O2. The SMILES string of the molecule is CC(O)C1CCN(C(=O)c2[nH]c3ccc(Cl)cc3c2Cl)CC1. The summed E-state index contributed by atoms with van der Waals surface area (Å²) in [7, 11) is 0. The molecule has 22 heavy (non-hydrogen) atoms. The summed E-state index contributed by atoms with van der Waals surface area (Å²) in [6.45, 7) is 3.09. The monoisotopic (exact) mass is 340 g/mol. The first kappa shape index (κ1) is 15.7. The molecule has 0 radical (unpaired) electrons. The van der Waals surface area contributed by atoms with Crippen molar-refractivity contribution >= 4 is 40.0 Å². The van der Waals surface area contributed by atoms with Crippen molar-refractivity contribution in [2.75, 3.05) is 13.1 Å². The van der Waals surface area contributed by atoms with Crippen LogP contribution in [0.4, 0.5) is 0 Å². The van der Waals surface area contributed by atoms with Gasteiger partial charge in [0.25, 0.3) is 5.91 Å². The molecule has 1 aliphatic rings. The van der Waals surface area contributed by atoms with E-state index in [4.69, 9.17) is 23.2 Å². The predicted molar refractivity (Wildman–Crippen MR) is 88.6 cm³/mol. The maximum absolute atomic E-state index is 12.7. The number of nitrogens with zero attached hydrogens (tertiary/aromatic N) is 1. The van der Waals surface area contributed by atoms with E-state index in [1.54, 1.807) is 24.0 Å². The molecule has 1 unspecified atom stereocenters. The topological polar surface area (TPSA) is 56.3 Å². The number of rotatable bonds is 2. The second-order valence-corrected chi connectivity index (χ2v) is 6.69. The van der Waals surface area contributed by atoms with Crippen molar-refractivity contribution in [1.82, 2.24) is 9.88 Å². The number of aromatic amines is 1. The highest BCUT2D eigenvalue weighted by molar-refractivity contribution is 6.39. The summed E-state index contributed by atoms with van der Waals surface area (Å²) in [5, 5.41) is 11.4. The molecule has 1 aromatic heterocycles. The van der Waals surface area contributed by atoms with Crippen molar-refractivity contribution in [1.29, 1.82) is 0 Å². The summed E-state index contributed by atoms with van der Waals surface area (Å²) in [6, 6.07) is 5.34. The fraction of sp³-hybridized carbons (Fsp3) is 0.438.